The number of rotatable bonds is 5. The fourth-order valence-electron chi connectivity index (χ4n) is 1.24. The van der Waals surface area contributed by atoms with Crippen LogP contribution >= 0.6 is 0 Å². The van der Waals surface area contributed by atoms with Gasteiger partial charge in [0, 0.05) is 6.54 Å². The van der Waals surface area contributed by atoms with Crippen LogP contribution in [0.1, 0.15) is 0 Å². The van der Waals surface area contributed by atoms with Gasteiger partial charge in [0.1, 0.15) is 12.4 Å². The molecule has 0 radical (unpaired) electrons. The number of hydrogen-bond donors (Lipinski definition) is 1. The van der Waals surface area contributed by atoms with Crippen LogP contribution in [0.3, 0.4) is 0 Å². The van der Waals surface area contributed by atoms with Gasteiger partial charge in [-0.05, 0) is 26.2 Å². The standard InChI is InChI=1S/C11H18N2O/c1-13(2)8-10(12)9-14-11-6-4-3-5-7-11/h3-7,10H,8-9,12H2,1-2H3. The highest BCUT2D eigenvalue weighted by Gasteiger charge is 2.04. The van der Waals surface area contributed by atoms with Crippen molar-refractivity contribution in [2.45, 2.75) is 6.04 Å². The molecule has 3 nitrogen and oxygen atoms in total. The summed E-state index contributed by atoms with van der Waals surface area (Å²) in [5.41, 5.74) is 5.86. The van der Waals surface area contributed by atoms with Crippen molar-refractivity contribution in [1.29, 1.82) is 0 Å². The van der Waals surface area contributed by atoms with Crippen molar-refractivity contribution in [3.05, 3.63) is 30.3 Å². The van der Waals surface area contributed by atoms with Crippen LogP contribution in [0.15, 0.2) is 30.3 Å². The zero-order chi connectivity index (χ0) is 10.4. The second-order valence-electron chi connectivity index (χ2n) is 3.65. The van der Waals surface area contributed by atoms with E-state index in [0.717, 1.165) is 12.3 Å². The van der Waals surface area contributed by atoms with Gasteiger partial charge in [-0.15, -0.1) is 0 Å². The van der Waals surface area contributed by atoms with E-state index >= 15 is 0 Å². The van der Waals surface area contributed by atoms with Gasteiger partial charge >= 0.3 is 0 Å². The van der Waals surface area contributed by atoms with E-state index in [2.05, 4.69) is 4.90 Å². The topological polar surface area (TPSA) is 38.5 Å². The van der Waals surface area contributed by atoms with E-state index in [1.165, 1.54) is 0 Å². The molecule has 0 aromatic heterocycles. The second kappa shape index (κ2) is 5.62. The van der Waals surface area contributed by atoms with Crippen LogP contribution in [0.4, 0.5) is 0 Å². The summed E-state index contributed by atoms with van der Waals surface area (Å²) < 4.78 is 5.52. The largest absolute Gasteiger partial charge is 0.492 e. The van der Waals surface area contributed by atoms with Gasteiger partial charge in [0.05, 0.1) is 6.04 Å². The highest BCUT2D eigenvalue weighted by Crippen LogP contribution is 2.08. The predicted octanol–water partition coefficient (Wildman–Crippen LogP) is 0.954. The van der Waals surface area contributed by atoms with Crippen LogP contribution in [-0.2, 0) is 0 Å². The second-order valence-corrected chi connectivity index (χ2v) is 3.65. The zero-order valence-corrected chi connectivity index (χ0v) is 8.81. The lowest BCUT2D eigenvalue weighted by molar-refractivity contribution is 0.254. The van der Waals surface area contributed by atoms with E-state index in [-0.39, 0.29) is 6.04 Å². The Morgan fingerprint density at radius 2 is 1.93 bits per heavy atom. The van der Waals surface area contributed by atoms with E-state index in [9.17, 15) is 0 Å². The van der Waals surface area contributed by atoms with Gasteiger partial charge in [-0.3, -0.25) is 0 Å². The molecule has 2 N–H and O–H groups in total. The molecule has 1 aromatic carbocycles. The van der Waals surface area contributed by atoms with Gasteiger partial charge in [-0.2, -0.15) is 0 Å². The lowest BCUT2D eigenvalue weighted by Crippen LogP contribution is -2.37. The molecule has 0 saturated carbocycles. The molecular formula is C11H18N2O. The molecule has 0 aliphatic heterocycles. The first-order valence-corrected chi connectivity index (χ1v) is 4.76. The summed E-state index contributed by atoms with van der Waals surface area (Å²) in [4.78, 5) is 2.05. The quantitative estimate of drug-likeness (QED) is 0.758. The van der Waals surface area contributed by atoms with Crippen LogP contribution in [-0.4, -0.2) is 38.2 Å². The fraction of sp³-hybridized carbons (Fsp3) is 0.455. The van der Waals surface area contributed by atoms with E-state index in [0.29, 0.717) is 6.61 Å². The molecule has 3 heteroatoms. The Morgan fingerprint density at radius 1 is 1.29 bits per heavy atom. The fourth-order valence-corrected chi connectivity index (χ4v) is 1.24. The number of ether oxygens (including phenoxy) is 1. The number of para-hydroxylation sites is 1. The predicted molar refractivity (Wildman–Crippen MR) is 58.5 cm³/mol. The van der Waals surface area contributed by atoms with Gasteiger partial charge < -0.3 is 15.4 Å². The molecule has 0 aliphatic rings. The molecule has 1 unspecified atom stereocenters. The van der Waals surface area contributed by atoms with E-state index in [4.69, 9.17) is 10.5 Å². The SMILES string of the molecule is CN(C)CC(N)COc1ccccc1. The molecule has 0 heterocycles. The summed E-state index contributed by atoms with van der Waals surface area (Å²) in [5.74, 6) is 0.877. The van der Waals surface area contributed by atoms with Gasteiger partial charge in [0.2, 0.25) is 0 Å². The van der Waals surface area contributed by atoms with Crippen molar-refractivity contribution in [2.24, 2.45) is 5.73 Å². The molecule has 0 amide bonds. The summed E-state index contributed by atoms with van der Waals surface area (Å²) in [7, 11) is 4.00. The molecule has 14 heavy (non-hydrogen) atoms. The number of nitrogens with two attached hydrogens (primary N) is 1. The summed E-state index contributed by atoms with van der Waals surface area (Å²) in [5, 5.41) is 0. The average Bonchev–Trinajstić information content (AvgIpc) is 2.15. The van der Waals surface area contributed by atoms with Gasteiger partial charge in [-0.1, -0.05) is 18.2 Å². The average molecular weight is 194 g/mol. The highest BCUT2D eigenvalue weighted by atomic mass is 16.5. The van der Waals surface area contributed by atoms with Crippen molar-refractivity contribution in [3.8, 4) is 5.75 Å². The molecular weight excluding hydrogens is 176 g/mol. The first-order chi connectivity index (χ1) is 6.68. The van der Waals surface area contributed by atoms with E-state index in [1.54, 1.807) is 0 Å². The normalized spacial score (nSPS) is 12.9. The first-order valence-electron chi connectivity index (χ1n) is 4.76. The Kier molecular flexibility index (Phi) is 4.43. The Morgan fingerprint density at radius 3 is 2.50 bits per heavy atom. The maximum Gasteiger partial charge on any atom is 0.119 e. The smallest absolute Gasteiger partial charge is 0.119 e. The lowest BCUT2D eigenvalue weighted by atomic mass is 10.3. The maximum absolute atomic E-state index is 5.86. The minimum Gasteiger partial charge on any atom is -0.492 e. The summed E-state index contributed by atoms with van der Waals surface area (Å²) in [6.07, 6.45) is 0. The summed E-state index contributed by atoms with van der Waals surface area (Å²) in [6, 6.07) is 9.79. The minimum absolute atomic E-state index is 0.0604. The molecule has 0 spiro atoms. The van der Waals surface area contributed by atoms with Crippen molar-refractivity contribution >= 4 is 0 Å². The third-order valence-corrected chi connectivity index (χ3v) is 1.81. The number of nitrogens with zero attached hydrogens (tertiary/aromatic N) is 1. The molecule has 1 atom stereocenters. The van der Waals surface area contributed by atoms with E-state index < -0.39 is 0 Å². The summed E-state index contributed by atoms with van der Waals surface area (Å²) in [6.45, 7) is 1.40. The van der Waals surface area contributed by atoms with E-state index in [1.807, 2.05) is 44.4 Å². The van der Waals surface area contributed by atoms with Crippen molar-refractivity contribution < 1.29 is 4.74 Å². The minimum atomic E-state index is 0.0604. The van der Waals surface area contributed by atoms with Crippen LogP contribution < -0.4 is 10.5 Å². The molecule has 1 rings (SSSR count). The zero-order valence-electron chi connectivity index (χ0n) is 8.81. The Bertz CT molecular complexity index is 249. The maximum atomic E-state index is 5.86. The number of hydrogen-bond acceptors (Lipinski definition) is 3. The Labute approximate surface area is 85.5 Å². The Balaban J connectivity index is 2.27. The lowest BCUT2D eigenvalue weighted by Gasteiger charge is -2.17. The molecule has 78 valence electrons. The van der Waals surface area contributed by atoms with Gasteiger partial charge in [0.15, 0.2) is 0 Å². The Hall–Kier alpha value is -1.06. The van der Waals surface area contributed by atoms with Gasteiger partial charge in [-0.25, -0.2) is 0 Å². The summed E-state index contributed by atoms with van der Waals surface area (Å²) >= 11 is 0. The van der Waals surface area contributed by atoms with Crippen LogP contribution in [0, 0.1) is 0 Å². The molecule has 0 bridgehead atoms. The van der Waals surface area contributed by atoms with Gasteiger partial charge in [0.25, 0.3) is 0 Å². The molecule has 0 fully saturated rings. The molecule has 0 saturated heterocycles. The van der Waals surface area contributed by atoms with Crippen molar-refractivity contribution in [1.82, 2.24) is 4.90 Å². The molecule has 0 aliphatic carbocycles. The third kappa shape index (κ3) is 4.25. The first kappa shape index (κ1) is 11.0. The number of likely N-dealkylation sites (N-methyl/N-ethyl adjacent to an activating group) is 1. The monoisotopic (exact) mass is 194 g/mol. The third-order valence-electron chi connectivity index (χ3n) is 1.81. The number of benzene rings is 1. The molecule has 1 aromatic rings. The van der Waals surface area contributed by atoms with Crippen LogP contribution in [0.25, 0.3) is 0 Å². The van der Waals surface area contributed by atoms with Crippen molar-refractivity contribution in [2.75, 3.05) is 27.2 Å². The van der Waals surface area contributed by atoms with Crippen molar-refractivity contribution in [3.63, 3.8) is 0 Å². The highest BCUT2D eigenvalue weighted by molar-refractivity contribution is 5.20. The van der Waals surface area contributed by atoms with Crippen LogP contribution in [0.5, 0.6) is 5.75 Å². The van der Waals surface area contributed by atoms with Crippen LogP contribution in [0.2, 0.25) is 0 Å².